The van der Waals surface area contributed by atoms with Crippen LogP contribution in [-0.4, -0.2) is 21.0 Å². The Labute approximate surface area is 96.6 Å². The van der Waals surface area contributed by atoms with E-state index in [1.54, 1.807) is 30.6 Å². The van der Waals surface area contributed by atoms with Crippen LogP contribution in [0.3, 0.4) is 0 Å². The smallest absolute Gasteiger partial charge is 0.339 e. The zero-order valence-corrected chi connectivity index (χ0v) is 8.85. The summed E-state index contributed by atoms with van der Waals surface area (Å²) in [5, 5.41) is 9.04. The Morgan fingerprint density at radius 2 is 2.12 bits per heavy atom. The zero-order valence-electron chi connectivity index (χ0n) is 8.09. The molecule has 0 unspecified atom stereocenters. The molecule has 2 aromatic rings. The number of carbonyl (C=O) groups is 1. The molecular weight excluding hydrogens is 228 g/mol. The topological polar surface area (TPSA) is 63.1 Å². The summed E-state index contributed by atoms with van der Waals surface area (Å²) in [6, 6.07) is 5.10. The Bertz CT molecular complexity index is 529. The highest BCUT2D eigenvalue weighted by molar-refractivity contribution is 6.33. The minimum absolute atomic E-state index is 0.00262. The Kier molecular flexibility index (Phi) is 2.83. The van der Waals surface area contributed by atoms with E-state index in [2.05, 4.69) is 9.97 Å². The van der Waals surface area contributed by atoms with Gasteiger partial charge < -0.3 is 5.11 Å². The first-order valence-corrected chi connectivity index (χ1v) is 4.86. The summed E-state index contributed by atoms with van der Waals surface area (Å²) in [4.78, 5) is 18.8. The highest BCUT2D eigenvalue weighted by atomic mass is 35.5. The van der Waals surface area contributed by atoms with Crippen LogP contribution in [0.4, 0.5) is 0 Å². The minimum Gasteiger partial charge on any atom is -0.478 e. The second-order valence-electron chi connectivity index (χ2n) is 3.07. The molecule has 4 nitrogen and oxygen atoms in total. The largest absolute Gasteiger partial charge is 0.478 e. The normalized spacial score (nSPS) is 10.1. The van der Waals surface area contributed by atoms with E-state index < -0.39 is 5.97 Å². The van der Waals surface area contributed by atoms with Crippen LogP contribution in [0.5, 0.6) is 0 Å². The van der Waals surface area contributed by atoms with Crippen molar-refractivity contribution in [1.82, 2.24) is 9.97 Å². The van der Waals surface area contributed by atoms with Crippen molar-refractivity contribution in [3.8, 4) is 11.1 Å². The number of pyridine rings is 2. The molecule has 80 valence electrons. The van der Waals surface area contributed by atoms with Gasteiger partial charge in [-0.1, -0.05) is 17.7 Å². The molecule has 5 heteroatoms. The van der Waals surface area contributed by atoms with E-state index in [0.717, 1.165) is 0 Å². The van der Waals surface area contributed by atoms with Crippen molar-refractivity contribution in [1.29, 1.82) is 0 Å². The first-order valence-electron chi connectivity index (χ1n) is 4.48. The number of aromatic nitrogens is 2. The lowest BCUT2D eigenvalue weighted by Crippen LogP contribution is -2.02. The Hall–Kier alpha value is -1.94. The van der Waals surface area contributed by atoms with Gasteiger partial charge in [0, 0.05) is 29.7 Å². The van der Waals surface area contributed by atoms with Crippen molar-refractivity contribution in [3.05, 3.63) is 47.5 Å². The van der Waals surface area contributed by atoms with E-state index in [0.29, 0.717) is 11.1 Å². The predicted octanol–water partition coefficient (Wildman–Crippen LogP) is 2.50. The van der Waals surface area contributed by atoms with Gasteiger partial charge in [-0.2, -0.15) is 0 Å². The summed E-state index contributed by atoms with van der Waals surface area (Å²) in [5.41, 5.74) is 1.21. The van der Waals surface area contributed by atoms with Gasteiger partial charge in [0.1, 0.15) is 10.7 Å². The summed E-state index contributed by atoms with van der Waals surface area (Å²) in [5.74, 6) is -1.10. The van der Waals surface area contributed by atoms with Crippen molar-refractivity contribution in [2.75, 3.05) is 0 Å². The molecule has 0 spiro atoms. The summed E-state index contributed by atoms with van der Waals surface area (Å²) in [6.07, 6.45) is 4.67. The molecule has 2 aromatic heterocycles. The summed E-state index contributed by atoms with van der Waals surface area (Å²) >= 11 is 5.76. The Balaban J connectivity index is 2.66. The fraction of sp³-hybridized carbons (Fsp3) is 0. The molecule has 0 aliphatic carbocycles. The van der Waals surface area contributed by atoms with Gasteiger partial charge in [-0.3, -0.25) is 4.98 Å². The zero-order chi connectivity index (χ0) is 11.5. The molecule has 0 fully saturated rings. The molecule has 0 saturated carbocycles. The quantitative estimate of drug-likeness (QED) is 0.811. The van der Waals surface area contributed by atoms with E-state index in [1.807, 2.05) is 0 Å². The maximum absolute atomic E-state index is 11.1. The van der Waals surface area contributed by atoms with Gasteiger partial charge >= 0.3 is 5.97 Å². The van der Waals surface area contributed by atoms with E-state index >= 15 is 0 Å². The second-order valence-corrected chi connectivity index (χ2v) is 3.43. The molecule has 16 heavy (non-hydrogen) atoms. The van der Waals surface area contributed by atoms with Crippen LogP contribution in [-0.2, 0) is 0 Å². The van der Waals surface area contributed by atoms with Gasteiger partial charge in [-0.25, -0.2) is 9.78 Å². The average Bonchev–Trinajstić information content (AvgIpc) is 2.29. The van der Waals surface area contributed by atoms with Gasteiger partial charge in [0.05, 0.1) is 0 Å². The fourth-order valence-electron chi connectivity index (χ4n) is 1.40. The van der Waals surface area contributed by atoms with Crippen LogP contribution in [0.1, 0.15) is 10.4 Å². The third kappa shape index (κ3) is 1.87. The summed E-state index contributed by atoms with van der Waals surface area (Å²) < 4.78 is 0. The standard InChI is InChI=1S/C11H7ClN2O2/c12-10-9(11(15)16)8(3-5-14-10)7-2-1-4-13-6-7/h1-6H,(H,15,16). The van der Waals surface area contributed by atoms with E-state index in [-0.39, 0.29) is 10.7 Å². The van der Waals surface area contributed by atoms with Crippen molar-refractivity contribution < 1.29 is 9.90 Å². The molecule has 0 bridgehead atoms. The van der Waals surface area contributed by atoms with Gasteiger partial charge in [0.2, 0.25) is 0 Å². The molecular formula is C11H7ClN2O2. The average molecular weight is 235 g/mol. The van der Waals surface area contributed by atoms with Crippen LogP contribution in [0.2, 0.25) is 5.15 Å². The number of rotatable bonds is 2. The molecule has 2 rings (SSSR count). The molecule has 0 aliphatic heterocycles. The molecule has 2 heterocycles. The van der Waals surface area contributed by atoms with Crippen LogP contribution in [0.15, 0.2) is 36.8 Å². The predicted molar refractivity (Wildman–Crippen MR) is 59.4 cm³/mol. The molecule has 0 radical (unpaired) electrons. The number of carboxylic acid groups (broad SMARTS) is 1. The maximum atomic E-state index is 11.1. The molecule has 0 saturated heterocycles. The molecule has 1 N–H and O–H groups in total. The third-order valence-electron chi connectivity index (χ3n) is 2.09. The van der Waals surface area contributed by atoms with E-state index in [4.69, 9.17) is 16.7 Å². The van der Waals surface area contributed by atoms with E-state index in [9.17, 15) is 4.79 Å². The highest BCUT2D eigenvalue weighted by Crippen LogP contribution is 2.26. The van der Waals surface area contributed by atoms with Crippen LogP contribution in [0.25, 0.3) is 11.1 Å². The number of aromatic carboxylic acids is 1. The first kappa shape index (κ1) is 10.6. The molecule has 0 aromatic carbocycles. The lowest BCUT2D eigenvalue weighted by molar-refractivity contribution is 0.0697. The Morgan fingerprint density at radius 3 is 2.75 bits per heavy atom. The molecule has 0 amide bonds. The van der Waals surface area contributed by atoms with E-state index in [1.165, 1.54) is 6.20 Å². The monoisotopic (exact) mass is 234 g/mol. The van der Waals surface area contributed by atoms with Crippen molar-refractivity contribution >= 4 is 17.6 Å². The highest BCUT2D eigenvalue weighted by Gasteiger charge is 2.16. The van der Waals surface area contributed by atoms with Gasteiger partial charge in [0.25, 0.3) is 0 Å². The number of hydrogen-bond donors (Lipinski definition) is 1. The number of nitrogens with zero attached hydrogens (tertiary/aromatic N) is 2. The second kappa shape index (κ2) is 4.28. The fourth-order valence-corrected chi connectivity index (χ4v) is 1.64. The van der Waals surface area contributed by atoms with Gasteiger partial charge in [-0.15, -0.1) is 0 Å². The first-order chi connectivity index (χ1) is 7.70. The summed E-state index contributed by atoms with van der Waals surface area (Å²) in [6.45, 7) is 0. The molecule has 0 aliphatic rings. The Morgan fingerprint density at radius 1 is 1.31 bits per heavy atom. The maximum Gasteiger partial charge on any atom is 0.339 e. The number of carboxylic acids is 1. The number of hydrogen-bond acceptors (Lipinski definition) is 3. The van der Waals surface area contributed by atoms with Gasteiger partial charge in [0.15, 0.2) is 0 Å². The van der Waals surface area contributed by atoms with Crippen molar-refractivity contribution in [3.63, 3.8) is 0 Å². The number of halogens is 1. The summed E-state index contributed by atoms with van der Waals surface area (Å²) in [7, 11) is 0. The minimum atomic E-state index is -1.10. The van der Waals surface area contributed by atoms with Crippen molar-refractivity contribution in [2.45, 2.75) is 0 Å². The SMILES string of the molecule is O=C(O)c1c(-c2cccnc2)ccnc1Cl. The third-order valence-corrected chi connectivity index (χ3v) is 2.38. The van der Waals surface area contributed by atoms with Gasteiger partial charge in [-0.05, 0) is 12.1 Å². The van der Waals surface area contributed by atoms with Crippen LogP contribution in [0, 0.1) is 0 Å². The van der Waals surface area contributed by atoms with Crippen LogP contribution < -0.4 is 0 Å². The van der Waals surface area contributed by atoms with Crippen molar-refractivity contribution in [2.24, 2.45) is 0 Å². The lowest BCUT2D eigenvalue weighted by Gasteiger charge is -2.06. The lowest BCUT2D eigenvalue weighted by atomic mass is 10.0. The van der Waals surface area contributed by atoms with Crippen LogP contribution >= 0.6 is 11.6 Å². The molecule has 0 atom stereocenters.